The second kappa shape index (κ2) is 4.46. The molecule has 5 nitrogen and oxygen atoms in total. The van der Waals surface area contributed by atoms with Crippen molar-refractivity contribution in [1.29, 1.82) is 0 Å². The summed E-state index contributed by atoms with van der Waals surface area (Å²) < 4.78 is 56.0. The van der Waals surface area contributed by atoms with Crippen LogP contribution in [0.25, 0.3) is 10.9 Å². The molecule has 1 saturated carbocycles. The van der Waals surface area contributed by atoms with Gasteiger partial charge in [0, 0.05) is 6.04 Å². The lowest BCUT2D eigenvalue weighted by atomic mass is 10.1. The van der Waals surface area contributed by atoms with Gasteiger partial charge in [0.05, 0.1) is 16.6 Å². The van der Waals surface area contributed by atoms with Crippen LogP contribution in [-0.2, 0) is 0 Å². The van der Waals surface area contributed by atoms with Crippen molar-refractivity contribution in [2.75, 3.05) is 5.73 Å². The average Bonchev–Trinajstić information content (AvgIpc) is 3.26. The molecular formula is C13H8F4N2O3. The van der Waals surface area contributed by atoms with E-state index in [1.807, 2.05) is 0 Å². The normalized spacial score (nSPS) is 14.5. The molecule has 0 spiro atoms. The van der Waals surface area contributed by atoms with Gasteiger partial charge in [0.25, 0.3) is 0 Å². The molecule has 0 radical (unpaired) electrons. The number of aromatic nitrogens is 1. The zero-order chi connectivity index (χ0) is 16.3. The van der Waals surface area contributed by atoms with E-state index in [1.54, 1.807) is 0 Å². The SMILES string of the molecule is Nc1c(F)c(F)c(F)c2c1c(=O)c(C(=O)O)c(F)n2C1CC1. The van der Waals surface area contributed by atoms with E-state index >= 15 is 0 Å². The van der Waals surface area contributed by atoms with Crippen LogP contribution < -0.4 is 11.2 Å². The number of carboxylic acids is 1. The minimum atomic E-state index is -1.94. The summed E-state index contributed by atoms with van der Waals surface area (Å²) in [5.41, 5.74) is 0.612. The molecule has 1 aliphatic carbocycles. The lowest BCUT2D eigenvalue weighted by Gasteiger charge is -2.16. The Kier molecular flexibility index (Phi) is 2.91. The molecule has 0 atom stereocenters. The molecule has 9 heteroatoms. The molecule has 0 bridgehead atoms. The van der Waals surface area contributed by atoms with E-state index in [9.17, 15) is 27.2 Å². The summed E-state index contributed by atoms with van der Waals surface area (Å²) in [4.78, 5) is 23.1. The Morgan fingerprint density at radius 2 is 1.73 bits per heavy atom. The Balaban J connectivity index is 2.66. The van der Waals surface area contributed by atoms with E-state index in [0.717, 1.165) is 0 Å². The largest absolute Gasteiger partial charge is 0.477 e. The Labute approximate surface area is 119 Å². The highest BCUT2D eigenvalue weighted by Gasteiger charge is 2.35. The minimum Gasteiger partial charge on any atom is -0.477 e. The van der Waals surface area contributed by atoms with E-state index in [2.05, 4.69) is 0 Å². The molecule has 22 heavy (non-hydrogen) atoms. The monoisotopic (exact) mass is 316 g/mol. The maximum atomic E-state index is 14.3. The first kappa shape index (κ1) is 14.4. The molecule has 116 valence electrons. The van der Waals surface area contributed by atoms with Crippen LogP contribution in [0.5, 0.6) is 0 Å². The summed E-state index contributed by atoms with van der Waals surface area (Å²) in [6.45, 7) is 0. The highest BCUT2D eigenvalue weighted by Crippen LogP contribution is 2.40. The van der Waals surface area contributed by atoms with Crippen molar-refractivity contribution in [3.05, 3.63) is 39.2 Å². The fourth-order valence-corrected chi connectivity index (χ4v) is 2.42. The van der Waals surface area contributed by atoms with Crippen molar-refractivity contribution in [2.24, 2.45) is 0 Å². The first-order valence-electron chi connectivity index (χ1n) is 6.20. The molecule has 0 amide bonds. The van der Waals surface area contributed by atoms with Crippen LogP contribution in [0.3, 0.4) is 0 Å². The number of nitrogen functional groups attached to an aromatic ring is 1. The lowest BCUT2D eigenvalue weighted by Crippen LogP contribution is -2.25. The quantitative estimate of drug-likeness (QED) is 0.385. The van der Waals surface area contributed by atoms with Gasteiger partial charge in [-0.15, -0.1) is 0 Å². The molecule has 0 saturated heterocycles. The molecule has 0 aliphatic heterocycles. The number of hydrogen-bond acceptors (Lipinski definition) is 3. The van der Waals surface area contributed by atoms with E-state index < -0.39 is 63.0 Å². The number of nitrogens with two attached hydrogens (primary N) is 1. The third-order valence-corrected chi connectivity index (χ3v) is 3.57. The predicted octanol–water partition coefficient (Wildman–Crippen LogP) is 2.17. The number of anilines is 1. The van der Waals surface area contributed by atoms with Gasteiger partial charge < -0.3 is 15.4 Å². The van der Waals surface area contributed by atoms with Gasteiger partial charge in [0.2, 0.25) is 11.4 Å². The summed E-state index contributed by atoms with van der Waals surface area (Å²) in [7, 11) is 0. The Morgan fingerprint density at radius 3 is 2.23 bits per heavy atom. The van der Waals surface area contributed by atoms with Gasteiger partial charge in [-0.1, -0.05) is 0 Å². The topological polar surface area (TPSA) is 85.3 Å². The fraction of sp³-hybridized carbons (Fsp3) is 0.231. The molecule has 3 N–H and O–H groups in total. The minimum absolute atomic E-state index is 0.381. The summed E-state index contributed by atoms with van der Waals surface area (Å²) in [5, 5.41) is 8.09. The van der Waals surface area contributed by atoms with Crippen LogP contribution in [0, 0.1) is 23.4 Å². The first-order valence-corrected chi connectivity index (χ1v) is 6.20. The number of aromatic carboxylic acids is 1. The van der Waals surface area contributed by atoms with Crippen molar-refractivity contribution in [1.82, 2.24) is 4.57 Å². The number of carbonyl (C=O) groups is 1. The van der Waals surface area contributed by atoms with Crippen LogP contribution in [0.15, 0.2) is 4.79 Å². The highest BCUT2D eigenvalue weighted by atomic mass is 19.2. The second-order valence-corrected chi connectivity index (χ2v) is 4.98. The number of hydrogen-bond donors (Lipinski definition) is 2. The van der Waals surface area contributed by atoms with Gasteiger partial charge in [0.15, 0.2) is 23.0 Å². The van der Waals surface area contributed by atoms with Gasteiger partial charge >= 0.3 is 5.97 Å². The van der Waals surface area contributed by atoms with Crippen molar-refractivity contribution in [3.8, 4) is 0 Å². The molecule has 1 aliphatic rings. The number of pyridine rings is 1. The third-order valence-electron chi connectivity index (χ3n) is 3.57. The fourth-order valence-electron chi connectivity index (χ4n) is 2.42. The van der Waals surface area contributed by atoms with Crippen LogP contribution in [0.2, 0.25) is 0 Å². The Morgan fingerprint density at radius 1 is 1.14 bits per heavy atom. The third kappa shape index (κ3) is 1.71. The number of nitrogens with zero attached hydrogens (tertiary/aromatic N) is 1. The van der Waals surface area contributed by atoms with Gasteiger partial charge in [-0.25, -0.2) is 18.0 Å². The number of halogens is 4. The Hall–Kier alpha value is -2.58. The summed E-state index contributed by atoms with van der Waals surface area (Å²) in [6, 6.07) is -0.639. The first-order chi connectivity index (χ1) is 10.3. The van der Waals surface area contributed by atoms with Gasteiger partial charge in [0.1, 0.15) is 0 Å². The van der Waals surface area contributed by atoms with E-state index in [1.165, 1.54) is 0 Å². The molecule has 1 heterocycles. The van der Waals surface area contributed by atoms with Crippen molar-refractivity contribution in [2.45, 2.75) is 18.9 Å². The summed E-state index contributed by atoms with van der Waals surface area (Å²) >= 11 is 0. The van der Waals surface area contributed by atoms with E-state index in [0.29, 0.717) is 17.4 Å². The molecule has 0 unspecified atom stereocenters. The van der Waals surface area contributed by atoms with Crippen LogP contribution in [0.4, 0.5) is 23.2 Å². The van der Waals surface area contributed by atoms with E-state index in [-0.39, 0.29) is 0 Å². The van der Waals surface area contributed by atoms with E-state index in [4.69, 9.17) is 10.8 Å². The zero-order valence-corrected chi connectivity index (χ0v) is 10.8. The number of rotatable bonds is 2. The second-order valence-electron chi connectivity index (χ2n) is 4.98. The van der Waals surface area contributed by atoms with Crippen molar-refractivity contribution >= 4 is 22.6 Å². The highest BCUT2D eigenvalue weighted by molar-refractivity contribution is 5.98. The summed E-state index contributed by atoms with van der Waals surface area (Å²) in [6.07, 6.45) is 0.762. The molecule has 1 fully saturated rings. The molecular weight excluding hydrogens is 308 g/mol. The van der Waals surface area contributed by atoms with Crippen molar-refractivity contribution < 1.29 is 27.5 Å². The van der Waals surface area contributed by atoms with Crippen LogP contribution in [-0.4, -0.2) is 15.6 Å². The molecule has 2 aromatic rings. The maximum Gasteiger partial charge on any atom is 0.344 e. The summed E-state index contributed by atoms with van der Waals surface area (Å²) in [5.74, 6) is -8.93. The number of fused-ring (bicyclic) bond motifs is 1. The smallest absolute Gasteiger partial charge is 0.344 e. The molecule has 1 aromatic carbocycles. The maximum absolute atomic E-state index is 14.3. The Bertz CT molecular complexity index is 903. The van der Waals surface area contributed by atoms with Crippen LogP contribution >= 0.6 is 0 Å². The van der Waals surface area contributed by atoms with Crippen molar-refractivity contribution in [3.63, 3.8) is 0 Å². The zero-order valence-electron chi connectivity index (χ0n) is 10.8. The lowest BCUT2D eigenvalue weighted by molar-refractivity contribution is 0.0688. The number of benzene rings is 1. The average molecular weight is 316 g/mol. The van der Waals surface area contributed by atoms with Gasteiger partial charge in [-0.05, 0) is 12.8 Å². The van der Waals surface area contributed by atoms with Crippen LogP contribution in [0.1, 0.15) is 29.2 Å². The predicted molar refractivity (Wildman–Crippen MR) is 67.7 cm³/mol. The van der Waals surface area contributed by atoms with Gasteiger partial charge in [-0.3, -0.25) is 4.79 Å². The standard InChI is InChI=1S/C13H8F4N2O3/c14-6-7(15)9(18)4-10(8(6)16)19(3-1-2-3)12(17)5(11(4)20)13(21)22/h3H,1-2,18H2,(H,21,22). The molecule has 1 aromatic heterocycles. The molecule has 3 rings (SSSR count). The van der Waals surface area contributed by atoms with Gasteiger partial charge in [-0.2, -0.15) is 4.39 Å². The number of carboxylic acid groups (broad SMARTS) is 1.